The Hall–Kier alpha value is -2.04. The molecular formula is C21H23ClN2O2. The van der Waals surface area contributed by atoms with E-state index in [1.54, 1.807) is 6.07 Å². The molecule has 1 amide bonds. The number of ether oxygens (including phenoxy) is 1. The zero-order valence-corrected chi connectivity index (χ0v) is 15.3. The Kier molecular flexibility index (Phi) is 5.14. The lowest BCUT2D eigenvalue weighted by Crippen LogP contribution is -2.48. The molecule has 2 aromatic rings. The van der Waals surface area contributed by atoms with Gasteiger partial charge in [-0.2, -0.15) is 0 Å². The van der Waals surface area contributed by atoms with Crippen LogP contribution < -0.4 is 15.4 Å². The van der Waals surface area contributed by atoms with Crippen LogP contribution in [0.3, 0.4) is 0 Å². The number of fused-ring (bicyclic) bond motifs is 2. The quantitative estimate of drug-likeness (QED) is 0.838. The van der Waals surface area contributed by atoms with Crippen LogP contribution in [0.4, 0.5) is 0 Å². The van der Waals surface area contributed by atoms with Gasteiger partial charge in [0.05, 0.1) is 0 Å². The fourth-order valence-electron chi connectivity index (χ4n) is 3.96. The van der Waals surface area contributed by atoms with Gasteiger partial charge in [-0.15, -0.1) is 0 Å². The van der Waals surface area contributed by atoms with Crippen molar-refractivity contribution in [3.63, 3.8) is 0 Å². The summed E-state index contributed by atoms with van der Waals surface area (Å²) in [5.74, 6) is 0.660. The number of carbonyl (C=O) groups is 1. The highest BCUT2D eigenvalue weighted by Crippen LogP contribution is 2.27. The fourth-order valence-corrected chi connectivity index (χ4v) is 4.18. The zero-order chi connectivity index (χ0) is 17.9. The summed E-state index contributed by atoms with van der Waals surface area (Å²) in [5, 5.41) is 7.48. The second-order valence-electron chi connectivity index (χ2n) is 7.23. The van der Waals surface area contributed by atoms with E-state index in [2.05, 4.69) is 10.6 Å². The van der Waals surface area contributed by atoms with Crippen LogP contribution in [0.1, 0.15) is 41.6 Å². The SMILES string of the molecule is O=C(NC1CC2CCC(C1)N2)c1cccc(OCc2cccc(Cl)c2)c1. The summed E-state index contributed by atoms with van der Waals surface area (Å²) in [5.41, 5.74) is 1.64. The van der Waals surface area contributed by atoms with Crippen molar-refractivity contribution in [2.45, 2.75) is 50.4 Å². The lowest BCUT2D eigenvalue weighted by Gasteiger charge is -2.29. The molecule has 0 spiro atoms. The summed E-state index contributed by atoms with van der Waals surface area (Å²) in [6, 6.07) is 16.3. The van der Waals surface area contributed by atoms with Crippen molar-refractivity contribution >= 4 is 17.5 Å². The minimum atomic E-state index is -0.0236. The Bertz CT molecular complexity index is 783. The highest BCUT2D eigenvalue weighted by atomic mass is 35.5. The van der Waals surface area contributed by atoms with E-state index >= 15 is 0 Å². The van der Waals surface area contributed by atoms with E-state index in [9.17, 15) is 4.79 Å². The number of amides is 1. The summed E-state index contributed by atoms with van der Waals surface area (Å²) in [7, 11) is 0. The molecule has 2 saturated heterocycles. The Morgan fingerprint density at radius 3 is 2.65 bits per heavy atom. The van der Waals surface area contributed by atoms with Gasteiger partial charge in [0.25, 0.3) is 5.91 Å². The second kappa shape index (κ2) is 7.68. The van der Waals surface area contributed by atoms with Crippen molar-refractivity contribution in [3.05, 3.63) is 64.7 Å². The lowest BCUT2D eigenvalue weighted by molar-refractivity contribution is 0.0923. The number of hydrogen-bond donors (Lipinski definition) is 2. The molecule has 2 unspecified atom stereocenters. The molecule has 2 atom stereocenters. The first-order chi connectivity index (χ1) is 12.7. The molecule has 0 aliphatic carbocycles. The van der Waals surface area contributed by atoms with Crippen LogP contribution in [0.25, 0.3) is 0 Å². The van der Waals surface area contributed by atoms with E-state index in [1.807, 2.05) is 42.5 Å². The maximum absolute atomic E-state index is 12.6. The minimum Gasteiger partial charge on any atom is -0.489 e. The van der Waals surface area contributed by atoms with Gasteiger partial charge in [0, 0.05) is 28.7 Å². The van der Waals surface area contributed by atoms with Gasteiger partial charge in [-0.05, 0) is 61.6 Å². The largest absolute Gasteiger partial charge is 0.489 e. The molecule has 2 fully saturated rings. The van der Waals surface area contributed by atoms with Gasteiger partial charge in [-0.1, -0.05) is 29.8 Å². The van der Waals surface area contributed by atoms with Crippen molar-refractivity contribution in [1.82, 2.24) is 10.6 Å². The Morgan fingerprint density at radius 1 is 1.12 bits per heavy atom. The Morgan fingerprint density at radius 2 is 1.88 bits per heavy atom. The first-order valence-corrected chi connectivity index (χ1v) is 9.58. The molecular weight excluding hydrogens is 348 g/mol. The molecule has 2 heterocycles. The summed E-state index contributed by atoms with van der Waals surface area (Å²) in [4.78, 5) is 12.6. The van der Waals surface area contributed by atoms with E-state index in [0.29, 0.717) is 35.0 Å². The molecule has 4 nitrogen and oxygen atoms in total. The first kappa shape index (κ1) is 17.4. The van der Waals surface area contributed by atoms with Crippen LogP contribution in [0, 0.1) is 0 Å². The fraction of sp³-hybridized carbons (Fsp3) is 0.381. The molecule has 0 aromatic heterocycles. The molecule has 26 heavy (non-hydrogen) atoms. The van der Waals surface area contributed by atoms with Gasteiger partial charge in [-0.3, -0.25) is 4.79 Å². The molecule has 2 aliphatic heterocycles. The predicted molar refractivity (Wildman–Crippen MR) is 103 cm³/mol. The molecule has 2 bridgehead atoms. The van der Waals surface area contributed by atoms with Gasteiger partial charge in [0.2, 0.25) is 0 Å². The smallest absolute Gasteiger partial charge is 0.251 e. The number of benzene rings is 2. The molecule has 0 saturated carbocycles. The van der Waals surface area contributed by atoms with Crippen molar-refractivity contribution < 1.29 is 9.53 Å². The normalized spacial score (nSPS) is 24.3. The summed E-state index contributed by atoms with van der Waals surface area (Å²) >= 11 is 6.00. The summed E-state index contributed by atoms with van der Waals surface area (Å²) in [6.07, 6.45) is 4.49. The van der Waals surface area contributed by atoms with Gasteiger partial charge in [0.15, 0.2) is 0 Å². The number of piperidine rings is 1. The summed E-state index contributed by atoms with van der Waals surface area (Å²) in [6.45, 7) is 0.420. The van der Waals surface area contributed by atoms with E-state index in [4.69, 9.17) is 16.3 Å². The number of rotatable bonds is 5. The Labute approximate surface area is 158 Å². The van der Waals surface area contributed by atoms with Crippen LogP contribution in [-0.4, -0.2) is 24.0 Å². The molecule has 0 radical (unpaired) electrons. The topological polar surface area (TPSA) is 50.4 Å². The molecule has 2 aromatic carbocycles. The van der Waals surface area contributed by atoms with Crippen LogP contribution in [0.5, 0.6) is 5.75 Å². The van der Waals surface area contributed by atoms with Crippen LogP contribution >= 0.6 is 11.6 Å². The third-order valence-corrected chi connectivity index (χ3v) is 5.43. The van der Waals surface area contributed by atoms with E-state index in [1.165, 1.54) is 12.8 Å². The monoisotopic (exact) mass is 370 g/mol. The maximum Gasteiger partial charge on any atom is 0.251 e. The zero-order valence-electron chi connectivity index (χ0n) is 14.6. The standard InChI is InChI=1S/C21H23ClN2O2/c22-16-5-1-3-14(9-16)13-26-20-6-2-4-15(10-20)21(25)24-19-11-17-7-8-18(12-19)23-17/h1-6,9-10,17-19,23H,7-8,11-13H2,(H,24,25). The van der Waals surface area contributed by atoms with Crippen molar-refractivity contribution in [2.75, 3.05) is 0 Å². The highest BCUT2D eigenvalue weighted by molar-refractivity contribution is 6.30. The maximum atomic E-state index is 12.6. The molecule has 2 aliphatic rings. The third-order valence-electron chi connectivity index (χ3n) is 5.20. The predicted octanol–water partition coefficient (Wildman–Crippen LogP) is 3.93. The van der Waals surface area contributed by atoms with Crippen molar-refractivity contribution in [3.8, 4) is 5.75 Å². The van der Waals surface area contributed by atoms with Gasteiger partial charge < -0.3 is 15.4 Å². The minimum absolute atomic E-state index is 0.0236. The van der Waals surface area contributed by atoms with Crippen LogP contribution in [0.2, 0.25) is 5.02 Å². The highest BCUT2D eigenvalue weighted by Gasteiger charge is 2.34. The van der Waals surface area contributed by atoms with Gasteiger partial charge >= 0.3 is 0 Å². The van der Waals surface area contributed by atoms with E-state index in [0.717, 1.165) is 18.4 Å². The average Bonchev–Trinajstić information content (AvgIpc) is 2.98. The average molecular weight is 371 g/mol. The number of nitrogens with one attached hydrogen (secondary N) is 2. The third kappa shape index (κ3) is 4.19. The molecule has 5 heteroatoms. The van der Waals surface area contributed by atoms with Gasteiger partial charge in [0.1, 0.15) is 12.4 Å². The lowest BCUT2D eigenvalue weighted by atomic mass is 9.99. The first-order valence-electron chi connectivity index (χ1n) is 9.20. The number of halogens is 1. The van der Waals surface area contributed by atoms with E-state index in [-0.39, 0.29) is 11.9 Å². The summed E-state index contributed by atoms with van der Waals surface area (Å²) < 4.78 is 5.82. The second-order valence-corrected chi connectivity index (χ2v) is 7.66. The van der Waals surface area contributed by atoms with E-state index < -0.39 is 0 Å². The van der Waals surface area contributed by atoms with Crippen molar-refractivity contribution in [1.29, 1.82) is 0 Å². The number of carbonyl (C=O) groups excluding carboxylic acids is 1. The van der Waals surface area contributed by atoms with Crippen LogP contribution in [-0.2, 0) is 6.61 Å². The van der Waals surface area contributed by atoms with Gasteiger partial charge in [-0.25, -0.2) is 0 Å². The molecule has 4 rings (SSSR count). The van der Waals surface area contributed by atoms with Crippen molar-refractivity contribution in [2.24, 2.45) is 0 Å². The molecule has 136 valence electrons. The number of hydrogen-bond acceptors (Lipinski definition) is 3. The Balaban J connectivity index is 1.36. The molecule has 2 N–H and O–H groups in total. The van der Waals surface area contributed by atoms with Crippen LogP contribution in [0.15, 0.2) is 48.5 Å².